The first-order chi connectivity index (χ1) is 16.5. The van der Waals surface area contributed by atoms with Crippen molar-refractivity contribution in [1.29, 1.82) is 0 Å². The van der Waals surface area contributed by atoms with Crippen LogP contribution >= 0.6 is 0 Å². The Labute approximate surface area is 199 Å². The lowest BCUT2D eigenvalue weighted by Gasteiger charge is -2.26. The SMILES string of the molecule is C=CC1=CCCC=C/C(NOCC(=O)N2CCCCC2)=C/c2cc(O)cc(O)c2C(=O)OCC1. The van der Waals surface area contributed by atoms with Crippen molar-refractivity contribution in [1.82, 2.24) is 10.4 Å². The lowest BCUT2D eigenvalue weighted by Crippen LogP contribution is -2.39. The lowest BCUT2D eigenvalue weighted by atomic mass is 10.0. The zero-order chi connectivity index (χ0) is 24.3. The fourth-order valence-electron chi connectivity index (χ4n) is 3.86. The maximum Gasteiger partial charge on any atom is 0.342 e. The van der Waals surface area contributed by atoms with Gasteiger partial charge in [0, 0.05) is 25.6 Å². The summed E-state index contributed by atoms with van der Waals surface area (Å²) < 4.78 is 5.36. The summed E-state index contributed by atoms with van der Waals surface area (Å²) in [7, 11) is 0. The minimum atomic E-state index is -0.714. The number of fused-ring (bicyclic) bond motifs is 1. The van der Waals surface area contributed by atoms with Gasteiger partial charge < -0.3 is 19.8 Å². The number of amides is 1. The number of benzene rings is 1. The van der Waals surface area contributed by atoms with Gasteiger partial charge in [0.1, 0.15) is 17.1 Å². The molecule has 3 N–H and O–H groups in total. The van der Waals surface area contributed by atoms with Crippen LogP contribution in [0.3, 0.4) is 0 Å². The van der Waals surface area contributed by atoms with Gasteiger partial charge >= 0.3 is 5.97 Å². The van der Waals surface area contributed by atoms with Gasteiger partial charge in [-0.05, 0) is 61.5 Å². The second kappa shape index (κ2) is 12.6. The highest BCUT2D eigenvalue weighted by atomic mass is 16.6. The average Bonchev–Trinajstić information content (AvgIpc) is 2.82. The van der Waals surface area contributed by atoms with E-state index >= 15 is 0 Å². The summed E-state index contributed by atoms with van der Waals surface area (Å²) in [6.45, 7) is 5.25. The molecule has 1 aromatic rings. The molecule has 34 heavy (non-hydrogen) atoms. The Morgan fingerprint density at radius 2 is 2.00 bits per heavy atom. The predicted molar refractivity (Wildman–Crippen MR) is 129 cm³/mol. The standard InChI is InChI=1S/C26H32N2O6/c1-2-19-9-5-3-6-10-21(27-34-18-24(31)28-12-7-4-8-13-28)15-20-16-22(29)17-23(30)25(20)26(32)33-14-11-19/h2,6,9-10,15-17,27,29-30H,1,3-5,7-8,11-14,18H2/b10-6?,19-9?,21-15-. The molecule has 3 rings (SSSR count). The number of nitrogens with zero attached hydrogens (tertiary/aromatic N) is 1. The minimum absolute atomic E-state index is 0.0731. The summed E-state index contributed by atoms with van der Waals surface area (Å²) in [5.41, 5.74) is 4.34. The molecule has 8 heteroatoms. The molecule has 2 aliphatic rings. The monoisotopic (exact) mass is 468 g/mol. The van der Waals surface area contributed by atoms with Crippen LogP contribution < -0.4 is 5.48 Å². The number of rotatable bonds is 5. The van der Waals surface area contributed by atoms with Crippen LogP contribution in [0.5, 0.6) is 11.5 Å². The van der Waals surface area contributed by atoms with Crippen LogP contribution in [0.1, 0.15) is 54.4 Å². The summed E-state index contributed by atoms with van der Waals surface area (Å²) in [5, 5.41) is 20.3. The molecule has 1 aromatic carbocycles. The van der Waals surface area contributed by atoms with Crippen molar-refractivity contribution in [3.63, 3.8) is 0 Å². The van der Waals surface area contributed by atoms with E-state index in [0.29, 0.717) is 12.1 Å². The van der Waals surface area contributed by atoms with Crippen LogP contribution in [-0.2, 0) is 14.4 Å². The van der Waals surface area contributed by atoms with Crippen LogP contribution in [0, 0.1) is 0 Å². The van der Waals surface area contributed by atoms with Crippen molar-refractivity contribution in [3.05, 3.63) is 65.4 Å². The Kier molecular flexibility index (Phi) is 9.34. The number of carbonyl (C=O) groups excluding carboxylic acids is 2. The van der Waals surface area contributed by atoms with Crippen molar-refractivity contribution >= 4 is 18.0 Å². The lowest BCUT2D eigenvalue weighted by molar-refractivity contribution is -0.139. The number of likely N-dealkylation sites (tertiary alicyclic amines) is 1. The highest BCUT2D eigenvalue weighted by molar-refractivity contribution is 5.97. The number of phenolic OH excluding ortho intramolecular Hbond substituents is 2. The van der Waals surface area contributed by atoms with Gasteiger partial charge in [-0.15, -0.1) is 0 Å². The van der Waals surface area contributed by atoms with E-state index in [1.165, 1.54) is 6.07 Å². The van der Waals surface area contributed by atoms with Crippen molar-refractivity contribution < 1.29 is 29.4 Å². The van der Waals surface area contributed by atoms with Gasteiger partial charge in [0.05, 0.1) is 12.3 Å². The van der Waals surface area contributed by atoms with Gasteiger partial charge in [0.15, 0.2) is 6.61 Å². The van der Waals surface area contributed by atoms with Crippen molar-refractivity contribution in [2.24, 2.45) is 0 Å². The Balaban J connectivity index is 1.83. The molecule has 0 atom stereocenters. The number of piperidine rings is 1. The molecule has 8 nitrogen and oxygen atoms in total. The van der Waals surface area contributed by atoms with Gasteiger partial charge in [-0.3, -0.25) is 15.1 Å². The van der Waals surface area contributed by atoms with Crippen LogP contribution in [0.25, 0.3) is 6.08 Å². The highest BCUT2D eigenvalue weighted by Crippen LogP contribution is 2.30. The molecule has 1 fully saturated rings. The molecule has 0 unspecified atom stereocenters. The third-order valence-electron chi connectivity index (χ3n) is 5.67. The Hall–Kier alpha value is -3.52. The second-order valence-corrected chi connectivity index (χ2v) is 8.21. The third kappa shape index (κ3) is 7.25. The quantitative estimate of drug-likeness (QED) is 0.443. The summed E-state index contributed by atoms with van der Waals surface area (Å²) >= 11 is 0. The number of nitrogens with one attached hydrogen (secondary N) is 1. The van der Waals surface area contributed by atoms with Crippen LogP contribution in [0.15, 0.2) is 54.3 Å². The summed E-state index contributed by atoms with van der Waals surface area (Å²) in [5.74, 6) is -1.41. The zero-order valence-electron chi connectivity index (χ0n) is 19.3. The highest BCUT2D eigenvalue weighted by Gasteiger charge is 2.20. The average molecular weight is 469 g/mol. The number of cyclic esters (lactones) is 1. The summed E-state index contributed by atoms with van der Waals surface area (Å²) in [6.07, 6.45) is 14.1. The first kappa shape index (κ1) is 25.1. The molecular formula is C26H32N2O6. The Morgan fingerprint density at radius 1 is 1.21 bits per heavy atom. The number of esters is 1. The van der Waals surface area contributed by atoms with E-state index in [4.69, 9.17) is 9.57 Å². The zero-order valence-corrected chi connectivity index (χ0v) is 19.3. The number of hydrogen-bond acceptors (Lipinski definition) is 7. The van der Waals surface area contributed by atoms with Gasteiger partial charge in [0.2, 0.25) is 0 Å². The normalized spacial score (nSPS) is 19.1. The fraction of sp³-hybridized carbons (Fsp3) is 0.385. The molecule has 0 aliphatic carbocycles. The van der Waals surface area contributed by atoms with Gasteiger partial charge in [-0.2, -0.15) is 0 Å². The smallest absolute Gasteiger partial charge is 0.342 e. The second-order valence-electron chi connectivity index (χ2n) is 8.21. The molecule has 1 amide bonds. The largest absolute Gasteiger partial charge is 0.508 e. The first-order valence-corrected chi connectivity index (χ1v) is 11.6. The molecule has 1 saturated heterocycles. The molecule has 0 saturated carbocycles. The van der Waals surface area contributed by atoms with Crippen LogP contribution in [-0.4, -0.2) is 53.3 Å². The summed E-state index contributed by atoms with van der Waals surface area (Å²) in [4.78, 5) is 32.4. The summed E-state index contributed by atoms with van der Waals surface area (Å²) in [6, 6.07) is 2.44. The third-order valence-corrected chi connectivity index (χ3v) is 5.67. The predicted octanol–water partition coefficient (Wildman–Crippen LogP) is 3.98. The molecule has 0 aromatic heterocycles. The van der Waals surface area contributed by atoms with E-state index in [1.807, 2.05) is 12.2 Å². The molecule has 2 heterocycles. The van der Waals surface area contributed by atoms with E-state index in [0.717, 1.165) is 56.8 Å². The van der Waals surface area contributed by atoms with Crippen molar-refractivity contribution in [3.8, 4) is 11.5 Å². The molecule has 2 aliphatic heterocycles. The number of phenols is 2. The maximum atomic E-state index is 12.7. The molecule has 182 valence electrons. The Morgan fingerprint density at radius 3 is 2.76 bits per heavy atom. The van der Waals surface area contributed by atoms with E-state index < -0.39 is 11.7 Å². The van der Waals surface area contributed by atoms with Crippen molar-refractivity contribution in [2.75, 3.05) is 26.3 Å². The Bertz CT molecular complexity index is 989. The number of carbonyl (C=O) groups is 2. The molecule has 0 bridgehead atoms. The number of aromatic hydroxyl groups is 2. The van der Waals surface area contributed by atoms with Gasteiger partial charge in [0.25, 0.3) is 5.91 Å². The molecular weight excluding hydrogens is 436 g/mol. The van der Waals surface area contributed by atoms with Gasteiger partial charge in [-0.1, -0.05) is 24.8 Å². The molecule has 0 spiro atoms. The number of allylic oxidation sites excluding steroid dienone is 4. The molecule has 0 radical (unpaired) electrons. The van der Waals surface area contributed by atoms with Gasteiger partial charge in [-0.25, -0.2) is 4.79 Å². The van der Waals surface area contributed by atoms with Crippen LogP contribution in [0.4, 0.5) is 0 Å². The van der Waals surface area contributed by atoms with E-state index in [-0.39, 0.29) is 36.0 Å². The number of hydrogen-bond donors (Lipinski definition) is 3. The minimum Gasteiger partial charge on any atom is -0.508 e. The maximum absolute atomic E-state index is 12.7. The first-order valence-electron chi connectivity index (χ1n) is 11.6. The van der Waals surface area contributed by atoms with E-state index in [1.54, 1.807) is 23.1 Å². The number of hydroxylamine groups is 1. The number of ether oxygens (including phenoxy) is 1. The van der Waals surface area contributed by atoms with E-state index in [9.17, 15) is 19.8 Å². The fourth-order valence-corrected chi connectivity index (χ4v) is 3.86. The topological polar surface area (TPSA) is 108 Å². The van der Waals surface area contributed by atoms with Crippen molar-refractivity contribution in [2.45, 2.75) is 38.5 Å². The van der Waals surface area contributed by atoms with E-state index in [2.05, 4.69) is 12.1 Å². The van der Waals surface area contributed by atoms with Crippen LogP contribution in [0.2, 0.25) is 0 Å².